The molecule has 1 aromatic heterocycles. The molecule has 0 saturated carbocycles. The van der Waals surface area contributed by atoms with E-state index in [1.807, 2.05) is 31.2 Å². The highest BCUT2D eigenvalue weighted by molar-refractivity contribution is 6.06. The summed E-state index contributed by atoms with van der Waals surface area (Å²) in [5.41, 5.74) is 6.43. The van der Waals surface area contributed by atoms with E-state index in [0.717, 1.165) is 35.2 Å². The molecule has 2 aromatic carbocycles. The van der Waals surface area contributed by atoms with E-state index in [9.17, 15) is 18.0 Å². The Bertz CT molecular complexity index is 1190. The highest BCUT2D eigenvalue weighted by Gasteiger charge is 2.31. The van der Waals surface area contributed by atoms with E-state index in [1.54, 1.807) is 6.92 Å². The number of hydrogen-bond donors (Lipinski definition) is 2. The van der Waals surface area contributed by atoms with Gasteiger partial charge in [0.05, 0.1) is 17.0 Å². The van der Waals surface area contributed by atoms with Crippen LogP contribution < -0.4 is 10.7 Å². The number of benzene rings is 2. The van der Waals surface area contributed by atoms with Crippen molar-refractivity contribution in [2.75, 3.05) is 5.43 Å². The Morgan fingerprint density at radius 1 is 1.09 bits per heavy atom. The maximum Gasteiger partial charge on any atom is 0.416 e. The Morgan fingerprint density at radius 3 is 2.58 bits per heavy atom. The van der Waals surface area contributed by atoms with Crippen molar-refractivity contribution in [3.05, 3.63) is 87.9 Å². The highest BCUT2D eigenvalue weighted by Crippen LogP contribution is 2.32. The molecule has 2 N–H and O–H groups in total. The van der Waals surface area contributed by atoms with Gasteiger partial charge in [-0.2, -0.15) is 18.3 Å². The number of nitrogens with zero attached hydrogens (tertiary/aromatic N) is 1. The number of hydrazone groups is 1. The number of amides is 1. The lowest BCUT2D eigenvalue weighted by atomic mass is 9.93. The summed E-state index contributed by atoms with van der Waals surface area (Å²) < 4.78 is 44.8. The second kappa shape index (κ2) is 9.13. The molecule has 0 saturated heterocycles. The zero-order valence-electron chi connectivity index (χ0n) is 18.3. The predicted octanol–water partition coefficient (Wildman–Crippen LogP) is 6.00. The molecule has 1 heterocycles. The minimum atomic E-state index is -4.43. The molecule has 0 fully saturated rings. The van der Waals surface area contributed by atoms with E-state index >= 15 is 0 Å². The lowest BCUT2D eigenvalue weighted by Gasteiger charge is -2.14. The van der Waals surface area contributed by atoms with Crippen LogP contribution in [-0.2, 0) is 19.1 Å². The number of hydrogen-bond acceptors (Lipinski definition) is 4. The number of anilines is 1. The molecule has 0 aliphatic heterocycles. The smallest absolute Gasteiger partial charge is 0.416 e. The number of furan rings is 1. The largest absolute Gasteiger partial charge is 0.455 e. The molecule has 5 nitrogen and oxygen atoms in total. The van der Waals surface area contributed by atoms with Gasteiger partial charge in [0.2, 0.25) is 0 Å². The van der Waals surface area contributed by atoms with Gasteiger partial charge in [0.25, 0.3) is 5.91 Å². The number of aryl methyl sites for hydroxylation is 2. The van der Waals surface area contributed by atoms with Crippen molar-refractivity contribution in [1.82, 2.24) is 5.32 Å². The number of nitrogens with one attached hydrogen (secondary N) is 2. The number of halogens is 3. The van der Waals surface area contributed by atoms with Crippen LogP contribution in [0.4, 0.5) is 18.9 Å². The Morgan fingerprint density at radius 2 is 1.85 bits per heavy atom. The fraction of sp³-hybridized carbons (Fsp3) is 0.280. The van der Waals surface area contributed by atoms with E-state index in [4.69, 9.17) is 4.42 Å². The number of alkyl halides is 3. The van der Waals surface area contributed by atoms with E-state index in [0.29, 0.717) is 36.4 Å². The van der Waals surface area contributed by atoms with E-state index in [1.165, 1.54) is 12.1 Å². The number of rotatable bonds is 5. The molecule has 8 heteroatoms. The van der Waals surface area contributed by atoms with Gasteiger partial charge in [0, 0.05) is 24.1 Å². The van der Waals surface area contributed by atoms with Gasteiger partial charge in [-0.1, -0.05) is 35.9 Å². The molecule has 4 rings (SSSR count). The normalized spacial score (nSPS) is 14.8. The summed E-state index contributed by atoms with van der Waals surface area (Å²) in [6.45, 7) is 4.18. The summed E-state index contributed by atoms with van der Waals surface area (Å²) in [5.74, 6) is 0.595. The molecule has 0 radical (unpaired) electrons. The third kappa shape index (κ3) is 5.10. The Labute approximate surface area is 189 Å². The maximum absolute atomic E-state index is 13.0. The topological polar surface area (TPSA) is 66.6 Å². The lowest BCUT2D eigenvalue weighted by Crippen LogP contribution is -2.23. The van der Waals surface area contributed by atoms with Crippen LogP contribution in [0, 0.1) is 13.8 Å². The van der Waals surface area contributed by atoms with Crippen molar-refractivity contribution in [3.8, 4) is 0 Å². The standard InChI is InChI=1S/C25H24F3N3O2/c1-15-9-11-17(12-10-15)14-29-24(32)23-16(2)22-20(7-4-8-21(22)33-23)31-30-19-6-3-5-18(13-19)25(26,27)28/h3,5-6,9-13,30H,4,7-8,14H2,1-2H3,(H,29,32)/b31-20+. The Kier molecular flexibility index (Phi) is 6.26. The van der Waals surface area contributed by atoms with Gasteiger partial charge >= 0.3 is 6.18 Å². The number of carbonyl (C=O) groups is 1. The fourth-order valence-electron chi connectivity index (χ4n) is 3.86. The summed E-state index contributed by atoms with van der Waals surface area (Å²) in [7, 11) is 0. The summed E-state index contributed by atoms with van der Waals surface area (Å²) in [4.78, 5) is 12.8. The van der Waals surface area contributed by atoms with Crippen molar-refractivity contribution in [3.63, 3.8) is 0 Å². The fourth-order valence-corrected chi connectivity index (χ4v) is 3.86. The molecular formula is C25H24F3N3O2. The van der Waals surface area contributed by atoms with Crippen LogP contribution in [0.25, 0.3) is 0 Å². The summed E-state index contributed by atoms with van der Waals surface area (Å²) in [6.07, 6.45) is -2.36. The molecule has 0 unspecified atom stereocenters. The molecular weight excluding hydrogens is 431 g/mol. The van der Waals surface area contributed by atoms with Crippen molar-refractivity contribution in [1.29, 1.82) is 0 Å². The number of carbonyl (C=O) groups excluding carboxylic acids is 1. The molecule has 172 valence electrons. The second-order valence-electron chi connectivity index (χ2n) is 8.13. The monoisotopic (exact) mass is 455 g/mol. The minimum absolute atomic E-state index is 0.237. The average molecular weight is 455 g/mol. The van der Waals surface area contributed by atoms with Gasteiger partial charge in [-0.25, -0.2) is 0 Å². The van der Waals surface area contributed by atoms with Crippen molar-refractivity contribution >= 4 is 17.3 Å². The maximum atomic E-state index is 13.0. The van der Waals surface area contributed by atoms with Crippen LogP contribution in [0.2, 0.25) is 0 Å². The molecule has 1 aliphatic rings. The van der Waals surface area contributed by atoms with Crippen molar-refractivity contribution in [2.45, 2.75) is 45.8 Å². The SMILES string of the molecule is Cc1ccc(CNC(=O)c2oc3c(c2C)/C(=N/Nc2cccc(C(F)(F)F)c2)CCC3)cc1. The summed E-state index contributed by atoms with van der Waals surface area (Å²) >= 11 is 0. The second-order valence-corrected chi connectivity index (χ2v) is 8.13. The Hall–Kier alpha value is -3.55. The van der Waals surface area contributed by atoms with Crippen molar-refractivity contribution < 1.29 is 22.4 Å². The van der Waals surface area contributed by atoms with Crippen LogP contribution >= 0.6 is 0 Å². The minimum Gasteiger partial charge on any atom is -0.455 e. The van der Waals surface area contributed by atoms with Gasteiger partial charge in [-0.3, -0.25) is 10.2 Å². The first kappa shape index (κ1) is 22.6. The van der Waals surface area contributed by atoms with Gasteiger partial charge in [-0.15, -0.1) is 0 Å². The van der Waals surface area contributed by atoms with E-state index in [2.05, 4.69) is 15.8 Å². The molecule has 33 heavy (non-hydrogen) atoms. The zero-order valence-corrected chi connectivity index (χ0v) is 18.3. The van der Waals surface area contributed by atoms with Gasteiger partial charge in [0.1, 0.15) is 5.76 Å². The molecule has 1 aliphatic carbocycles. The third-order valence-corrected chi connectivity index (χ3v) is 5.62. The Balaban J connectivity index is 1.52. The quantitative estimate of drug-likeness (QED) is 0.464. The van der Waals surface area contributed by atoms with Crippen LogP contribution in [-0.4, -0.2) is 11.6 Å². The lowest BCUT2D eigenvalue weighted by molar-refractivity contribution is -0.137. The molecule has 3 aromatic rings. The van der Waals surface area contributed by atoms with E-state index in [-0.39, 0.29) is 17.4 Å². The zero-order chi connectivity index (χ0) is 23.6. The average Bonchev–Trinajstić information content (AvgIpc) is 3.14. The molecule has 1 amide bonds. The first-order chi connectivity index (χ1) is 15.7. The third-order valence-electron chi connectivity index (χ3n) is 5.62. The first-order valence-electron chi connectivity index (χ1n) is 10.7. The predicted molar refractivity (Wildman–Crippen MR) is 120 cm³/mol. The van der Waals surface area contributed by atoms with Crippen LogP contribution in [0.5, 0.6) is 0 Å². The van der Waals surface area contributed by atoms with Crippen LogP contribution in [0.1, 0.15) is 57.0 Å². The van der Waals surface area contributed by atoms with Gasteiger partial charge in [-0.05, 0) is 50.5 Å². The van der Waals surface area contributed by atoms with Gasteiger partial charge < -0.3 is 9.73 Å². The first-order valence-corrected chi connectivity index (χ1v) is 10.7. The summed E-state index contributed by atoms with van der Waals surface area (Å²) in [6, 6.07) is 12.8. The van der Waals surface area contributed by atoms with Crippen molar-refractivity contribution in [2.24, 2.45) is 5.10 Å². The molecule has 0 spiro atoms. The summed E-state index contributed by atoms with van der Waals surface area (Å²) in [5, 5.41) is 7.24. The van der Waals surface area contributed by atoms with E-state index < -0.39 is 11.7 Å². The highest BCUT2D eigenvalue weighted by atomic mass is 19.4. The van der Waals surface area contributed by atoms with Gasteiger partial charge in [0.15, 0.2) is 5.76 Å². The molecule has 0 atom stereocenters. The number of fused-ring (bicyclic) bond motifs is 1. The van der Waals surface area contributed by atoms with Crippen LogP contribution in [0.3, 0.4) is 0 Å². The molecule has 0 bridgehead atoms. The van der Waals surface area contributed by atoms with Crippen LogP contribution in [0.15, 0.2) is 58.0 Å².